The summed E-state index contributed by atoms with van der Waals surface area (Å²) in [5.41, 5.74) is 1.38. The maximum atomic E-state index is 12.4. The van der Waals surface area contributed by atoms with E-state index in [-0.39, 0.29) is 17.2 Å². The first kappa shape index (κ1) is 14.1. The Balaban J connectivity index is 1.80. The highest BCUT2D eigenvalue weighted by molar-refractivity contribution is 5.90. The zero-order chi connectivity index (χ0) is 15.3. The van der Waals surface area contributed by atoms with Crippen LogP contribution in [-0.2, 0) is 21.4 Å². The summed E-state index contributed by atoms with van der Waals surface area (Å²) in [6.45, 7) is 3.05. The van der Waals surface area contributed by atoms with Crippen LogP contribution in [0.1, 0.15) is 44.2 Å². The van der Waals surface area contributed by atoms with E-state index in [0.29, 0.717) is 0 Å². The highest BCUT2D eigenvalue weighted by Crippen LogP contribution is 2.60. The van der Waals surface area contributed by atoms with Gasteiger partial charge in [0.2, 0.25) is 5.91 Å². The van der Waals surface area contributed by atoms with Crippen molar-refractivity contribution in [3.05, 3.63) is 35.4 Å². The Morgan fingerprint density at radius 2 is 2.05 bits per heavy atom. The largest absolute Gasteiger partial charge is 0.480 e. The van der Waals surface area contributed by atoms with E-state index in [4.69, 9.17) is 5.11 Å². The minimum Gasteiger partial charge on any atom is -0.480 e. The van der Waals surface area contributed by atoms with Gasteiger partial charge >= 0.3 is 5.97 Å². The van der Waals surface area contributed by atoms with Crippen molar-refractivity contribution < 1.29 is 14.7 Å². The fraction of sp³-hybridized carbons (Fsp3) is 0.529. The summed E-state index contributed by atoms with van der Waals surface area (Å²) in [6.07, 6.45) is 4.04. The Morgan fingerprint density at radius 3 is 2.76 bits per heavy atom. The molecule has 3 rings (SSSR count). The third-order valence-electron chi connectivity index (χ3n) is 4.98. The summed E-state index contributed by atoms with van der Waals surface area (Å²) < 4.78 is 0. The van der Waals surface area contributed by atoms with Crippen molar-refractivity contribution in [2.24, 2.45) is 5.92 Å². The van der Waals surface area contributed by atoms with Crippen LogP contribution in [0.15, 0.2) is 24.3 Å². The molecule has 4 heteroatoms. The van der Waals surface area contributed by atoms with Crippen molar-refractivity contribution in [3.8, 4) is 0 Å². The SMILES string of the molecule is CC(C)(NC(=O)[C@@H]1C[C@]12CCCc1ccccc12)C(=O)O. The third-order valence-corrected chi connectivity index (χ3v) is 4.98. The van der Waals surface area contributed by atoms with Crippen molar-refractivity contribution >= 4 is 11.9 Å². The van der Waals surface area contributed by atoms with Gasteiger partial charge in [0.25, 0.3) is 0 Å². The van der Waals surface area contributed by atoms with Gasteiger partial charge in [0.1, 0.15) is 5.54 Å². The molecule has 1 amide bonds. The molecule has 21 heavy (non-hydrogen) atoms. The van der Waals surface area contributed by atoms with E-state index in [1.807, 2.05) is 12.1 Å². The van der Waals surface area contributed by atoms with Gasteiger partial charge in [0.15, 0.2) is 0 Å². The van der Waals surface area contributed by atoms with Gasteiger partial charge < -0.3 is 10.4 Å². The van der Waals surface area contributed by atoms with Gasteiger partial charge in [-0.05, 0) is 50.7 Å². The first-order valence-corrected chi connectivity index (χ1v) is 7.51. The number of aryl methyl sites for hydroxylation is 1. The summed E-state index contributed by atoms with van der Waals surface area (Å²) in [7, 11) is 0. The number of aliphatic carboxylic acids is 1. The topological polar surface area (TPSA) is 66.4 Å². The number of fused-ring (bicyclic) bond motifs is 2. The number of amides is 1. The minimum absolute atomic E-state index is 0.0481. The van der Waals surface area contributed by atoms with Crippen molar-refractivity contribution in [3.63, 3.8) is 0 Å². The number of benzene rings is 1. The molecule has 0 saturated heterocycles. The third kappa shape index (κ3) is 2.23. The van der Waals surface area contributed by atoms with Crippen molar-refractivity contribution in [2.45, 2.75) is 50.5 Å². The smallest absolute Gasteiger partial charge is 0.328 e. The molecule has 2 N–H and O–H groups in total. The average Bonchev–Trinajstić information content (AvgIpc) is 3.14. The molecule has 1 saturated carbocycles. The first-order chi connectivity index (χ1) is 9.87. The Morgan fingerprint density at radius 1 is 1.33 bits per heavy atom. The summed E-state index contributed by atoms with van der Waals surface area (Å²) in [5, 5.41) is 11.8. The van der Waals surface area contributed by atoms with Crippen LogP contribution in [-0.4, -0.2) is 22.5 Å². The second-order valence-electron chi connectivity index (χ2n) is 6.84. The lowest BCUT2D eigenvalue weighted by Crippen LogP contribution is -2.50. The molecule has 0 bridgehead atoms. The zero-order valence-electron chi connectivity index (χ0n) is 12.5. The fourth-order valence-electron chi connectivity index (χ4n) is 3.62. The van der Waals surface area contributed by atoms with Crippen molar-refractivity contribution in [1.82, 2.24) is 5.32 Å². The van der Waals surface area contributed by atoms with Gasteiger partial charge in [-0.1, -0.05) is 24.3 Å². The molecule has 1 spiro atoms. The van der Waals surface area contributed by atoms with Gasteiger partial charge in [-0.2, -0.15) is 0 Å². The van der Waals surface area contributed by atoms with Crippen molar-refractivity contribution in [1.29, 1.82) is 0 Å². The predicted molar refractivity (Wildman–Crippen MR) is 79.0 cm³/mol. The number of carboxylic acids is 1. The van der Waals surface area contributed by atoms with Crippen LogP contribution in [0.4, 0.5) is 0 Å². The number of carboxylic acid groups (broad SMARTS) is 1. The van der Waals surface area contributed by atoms with E-state index in [1.165, 1.54) is 25.0 Å². The Kier molecular flexibility index (Phi) is 3.08. The second kappa shape index (κ2) is 4.58. The van der Waals surface area contributed by atoms with Crippen LogP contribution in [0.25, 0.3) is 0 Å². The number of carbonyl (C=O) groups is 2. The highest BCUT2D eigenvalue weighted by Gasteiger charge is 2.60. The average molecular weight is 287 g/mol. The molecule has 1 aromatic carbocycles. The van der Waals surface area contributed by atoms with E-state index in [1.54, 1.807) is 0 Å². The van der Waals surface area contributed by atoms with Gasteiger partial charge in [-0.3, -0.25) is 4.79 Å². The van der Waals surface area contributed by atoms with Crippen LogP contribution in [0.2, 0.25) is 0 Å². The molecule has 4 nitrogen and oxygen atoms in total. The van der Waals surface area contributed by atoms with E-state index in [9.17, 15) is 9.59 Å². The van der Waals surface area contributed by atoms with E-state index in [0.717, 1.165) is 25.7 Å². The number of rotatable bonds is 3. The molecule has 112 valence electrons. The standard InChI is InChI=1S/C17H21NO3/c1-16(2,15(20)21)18-14(19)13-10-17(13)9-5-7-11-6-3-4-8-12(11)17/h3-4,6,8,13H,5,7,9-10H2,1-2H3,(H,18,19)(H,20,21)/t13-,17-/m0/s1. The first-order valence-electron chi connectivity index (χ1n) is 7.51. The van der Waals surface area contributed by atoms with Gasteiger partial charge in [-0.15, -0.1) is 0 Å². The van der Waals surface area contributed by atoms with Crippen LogP contribution in [0, 0.1) is 5.92 Å². The lowest BCUT2D eigenvalue weighted by Gasteiger charge is -2.27. The number of hydrogen-bond donors (Lipinski definition) is 2. The monoisotopic (exact) mass is 287 g/mol. The molecule has 0 aromatic heterocycles. The summed E-state index contributed by atoms with van der Waals surface area (Å²) in [5.74, 6) is -1.22. The van der Waals surface area contributed by atoms with Crippen LogP contribution >= 0.6 is 0 Å². The minimum atomic E-state index is -1.21. The summed E-state index contributed by atoms with van der Waals surface area (Å²) in [6, 6.07) is 8.35. The molecule has 1 fully saturated rings. The van der Waals surface area contributed by atoms with E-state index < -0.39 is 11.5 Å². The molecule has 2 aliphatic carbocycles. The second-order valence-corrected chi connectivity index (χ2v) is 6.84. The number of carbonyl (C=O) groups excluding carboxylic acids is 1. The lowest BCUT2D eigenvalue weighted by molar-refractivity contribution is -0.146. The molecular weight excluding hydrogens is 266 g/mol. The summed E-state index contributed by atoms with van der Waals surface area (Å²) in [4.78, 5) is 23.6. The zero-order valence-corrected chi connectivity index (χ0v) is 12.5. The quantitative estimate of drug-likeness (QED) is 0.896. The lowest BCUT2D eigenvalue weighted by atomic mass is 9.78. The maximum Gasteiger partial charge on any atom is 0.328 e. The normalized spacial score (nSPS) is 27.0. The van der Waals surface area contributed by atoms with Gasteiger partial charge in [-0.25, -0.2) is 4.79 Å². The molecule has 0 heterocycles. The molecule has 0 unspecified atom stereocenters. The molecule has 1 aromatic rings. The highest BCUT2D eigenvalue weighted by atomic mass is 16.4. The van der Waals surface area contributed by atoms with Gasteiger partial charge in [0, 0.05) is 11.3 Å². The van der Waals surface area contributed by atoms with Gasteiger partial charge in [0.05, 0.1) is 0 Å². The van der Waals surface area contributed by atoms with Crippen LogP contribution < -0.4 is 5.32 Å². The number of hydrogen-bond acceptors (Lipinski definition) is 2. The Labute approximate surface area is 124 Å². The Hall–Kier alpha value is -1.84. The molecular formula is C17H21NO3. The van der Waals surface area contributed by atoms with E-state index in [2.05, 4.69) is 17.4 Å². The van der Waals surface area contributed by atoms with Crippen LogP contribution in [0.3, 0.4) is 0 Å². The number of nitrogens with one attached hydrogen (secondary N) is 1. The molecule has 2 atom stereocenters. The molecule has 0 radical (unpaired) electrons. The fourth-order valence-corrected chi connectivity index (χ4v) is 3.62. The molecule has 0 aliphatic heterocycles. The molecule has 2 aliphatic rings. The van der Waals surface area contributed by atoms with Crippen LogP contribution in [0.5, 0.6) is 0 Å². The van der Waals surface area contributed by atoms with Crippen molar-refractivity contribution in [2.75, 3.05) is 0 Å². The summed E-state index contributed by atoms with van der Waals surface area (Å²) >= 11 is 0. The Bertz CT molecular complexity index is 608. The maximum absolute atomic E-state index is 12.4. The predicted octanol–water partition coefficient (Wildman–Crippen LogP) is 2.26. The van der Waals surface area contributed by atoms with E-state index >= 15 is 0 Å².